The molecule has 0 spiro atoms. The van der Waals surface area contributed by atoms with Crippen LogP contribution in [-0.4, -0.2) is 19.5 Å². The first-order valence-electron chi connectivity index (χ1n) is 17.4. The van der Waals surface area contributed by atoms with Crippen LogP contribution in [0, 0.1) is 0 Å². The Morgan fingerprint density at radius 2 is 1.04 bits per heavy atom. The van der Waals surface area contributed by atoms with Gasteiger partial charge in [0.2, 0.25) is 0 Å². The van der Waals surface area contributed by atoms with Gasteiger partial charge in [0.15, 0.2) is 17.5 Å². The smallest absolute Gasteiger partial charge is 0.164 e. The van der Waals surface area contributed by atoms with Gasteiger partial charge in [-0.2, -0.15) is 0 Å². The largest absolute Gasteiger partial charge is 0.456 e. The number of aromatic nitrogens is 4. The summed E-state index contributed by atoms with van der Waals surface area (Å²) < 4.78 is 8.64. The van der Waals surface area contributed by atoms with Gasteiger partial charge in [-0.05, 0) is 64.7 Å². The van der Waals surface area contributed by atoms with E-state index >= 15 is 0 Å². The second-order valence-electron chi connectivity index (χ2n) is 13.2. The minimum atomic E-state index is 0.603. The van der Waals surface area contributed by atoms with Gasteiger partial charge in [-0.3, -0.25) is 0 Å². The zero-order valence-electron chi connectivity index (χ0n) is 27.9. The Kier molecular flexibility index (Phi) is 6.18. The zero-order chi connectivity index (χ0) is 34.2. The van der Waals surface area contributed by atoms with Crippen LogP contribution in [0.15, 0.2) is 174 Å². The van der Waals surface area contributed by atoms with E-state index in [0.29, 0.717) is 17.5 Å². The summed E-state index contributed by atoms with van der Waals surface area (Å²) in [7, 11) is 0. The molecule has 8 aromatic carbocycles. The molecule has 5 heteroatoms. The Labute approximate surface area is 298 Å². The van der Waals surface area contributed by atoms with E-state index in [4.69, 9.17) is 19.4 Å². The maximum atomic E-state index is 6.23. The van der Waals surface area contributed by atoms with E-state index in [0.717, 1.165) is 44.3 Å². The molecule has 3 aromatic heterocycles. The van der Waals surface area contributed by atoms with E-state index in [9.17, 15) is 0 Å². The van der Waals surface area contributed by atoms with Gasteiger partial charge in [0.1, 0.15) is 11.2 Å². The van der Waals surface area contributed by atoms with Crippen LogP contribution in [0.4, 0.5) is 0 Å². The quantitative estimate of drug-likeness (QED) is 0.188. The topological polar surface area (TPSA) is 56.7 Å². The lowest BCUT2D eigenvalue weighted by atomic mass is 10.0. The first kappa shape index (κ1) is 28.7. The average molecular weight is 665 g/mol. The highest BCUT2D eigenvalue weighted by Gasteiger charge is 2.19. The Morgan fingerprint density at radius 3 is 1.85 bits per heavy atom. The number of fused-ring (bicyclic) bond motifs is 9. The predicted molar refractivity (Wildman–Crippen MR) is 213 cm³/mol. The van der Waals surface area contributed by atoms with Crippen LogP contribution in [0.5, 0.6) is 0 Å². The maximum Gasteiger partial charge on any atom is 0.164 e. The molecule has 0 fully saturated rings. The molecule has 11 rings (SSSR count). The van der Waals surface area contributed by atoms with E-state index in [2.05, 4.69) is 114 Å². The van der Waals surface area contributed by atoms with Gasteiger partial charge in [0.05, 0.1) is 11.0 Å². The Bertz CT molecular complexity index is 3180. The summed E-state index contributed by atoms with van der Waals surface area (Å²) in [5.41, 5.74) is 7.83. The molecule has 3 heterocycles. The van der Waals surface area contributed by atoms with E-state index < -0.39 is 0 Å². The molecular formula is C47H28N4O. The van der Waals surface area contributed by atoms with Crippen molar-refractivity contribution in [3.05, 3.63) is 170 Å². The molecule has 0 saturated carbocycles. The SMILES string of the molecule is c1ccc(-c2nc(-c3ccc(-n4c5cc6ccccc6cc5c5ccc6ccccc6c54)cc3)nc(-c3cccc4oc5ccccc5c34)n2)cc1. The third-order valence-corrected chi connectivity index (χ3v) is 10.2. The lowest BCUT2D eigenvalue weighted by Gasteiger charge is -2.12. The standard InChI is InChI=1S/C47H28N4O/c1-2-12-30(13-3-1)45-48-46(50-47(49-45)38-18-10-20-42-43(38)37-17-8-9-19-41(37)52-42)31-21-24-34(25-22-31)51-40-28-33-15-5-4-14-32(33)27-39(40)36-26-23-29-11-6-7-16-35(29)44(36)51/h1-28H. The summed E-state index contributed by atoms with van der Waals surface area (Å²) in [5.74, 6) is 1.83. The molecule has 0 bridgehead atoms. The number of benzene rings is 8. The average Bonchev–Trinajstić information content (AvgIpc) is 3.76. The molecule has 11 aromatic rings. The number of para-hydroxylation sites is 1. The van der Waals surface area contributed by atoms with E-state index in [1.807, 2.05) is 60.7 Å². The fourth-order valence-electron chi connectivity index (χ4n) is 7.79. The lowest BCUT2D eigenvalue weighted by Crippen LogP contribution is -2.01. The van der Waals surface area contributed by atoms with Gasteiger partial charge in [-0.15, -0.1) is 0 Å². The Balaban J connectivity index is 1.12. The Morgan fingerprint density at radius 1 is 0.404 bits per heavy atom. The first-order chi connectivity index (χ1) is 25.8. The first-order valence-corrected chi connectivity index (χ1v) is 17.4. The molecule has 0 atom stereocenters. The number of nitrogens with zero attached hydrogens (tertiary/aromatic N) is 4. The van der Waals surface area contributed by atoms with Gasteiger partial charge in [0.25, 0.3) is 0 Å². The van der Waals surface area contributed by atoms with Crippen molar-refractivity contribution in [3.8, 4) is 39.9 Å². The molecule has 5 nitrogen and oxygen atoms in total. The summed E-state index contributed by atoms with van der Waals surface area (Å²) in [6.45, 7) is 0. The van der Waals surface area contributed by atoms with Crippen molar-refractivity contribution in [2.24, 2.45) is 0 Å². The molecule has 0 saturated heterocycles. The van der Waals surface area contributed by atoms with Crippen LogP contribution >= 0.6 is 0 Å². The number of furan rings is 1. The summed E-state index contributed by atoms with van der Waals surface area (Å²) in [5, 5.41) is 9.39. The van der Waals surface area contributed by atoms with Gasteiger partial charge in [-0.25, -0.2) is 15.0 Å². The predicted octanol–water partition coefficient (Wildman–Crippen LogP) is 12.2. The maximum absolute atomic E-state index is 6.23. The highest BCUT2D eigenvalue weighted by Crippen LogP contribution is 2.40. The number of rotatable bonds is 4. The fourth-order valence-corrected chi connectivity index (χ4v) is 7.79. The van der Waals surface area contributed by atoms with E-state index in [1.54, 1.807) is 0 Å². The van der Waals surface area contributed by atoms with Crippen molar-refractivity contribution in [1.82, 2.24) is 19.5 Å². The molecule has 0 aliphatic carbocycles. The van der Waals surface area contributed by atoms with Gasteiger partial charge in [0, 0.05) is 49.3 Å². The van der Waals surface area contributed by atoms with Crippen molar-refractivity contribution in [1.29, 1.82) is 0 Å². The Hall–Kier alpha value is -7.11. The highest BCUT2D eigenvalue weighted by atomic mass is 16.3. The summed E-state index contributed by atoms with van der Waals surface area (Å²) >= 11 is 0. The number of hydrogen-bond donors (Lipinski definition) is 0. The van der Waals surface area contributed by atoms with E-state index in [1.165, 1.54) is 43.4 Å². The van der Waals surface area contributed by atoms with Crippen LogP contribution in [0.1, 0.15) is 0 Å². The van der Waals surface area contributed by atoms with Gasteiger partial charge in [-0.1, -0.05) is 121 Å². The summed E-state index contributed by atoms with van der Waals surface area (Å²) in [4.78, 5) is 15.2. The normalized spacial score (nSPS) is 11.8. The molecule has 0 aliphatic heterocycles. The van der Waals surface area contributed by atoms with Crippen molar-refractivity contribution in [2.45, 2.75) is 0 Å². The highest BCUT2D eigenvalue weighted by molar-refractivity contribution is 6.20. The number of hydrogen-bond acceptors (Lipinski definition) is 4. The van der Waals surface area contributed by atoms with Crippen molar-refractivity contribution < 1.29 is 4.42 Å². The molecule has 0 aliphatic rings. The second kappa shape index (κ2) is 11.2. The minimum Gasteiger partial charge on any atom is -0.456 e. The van der Waals surface area contributed by atoms with Gasteiger partial charge >= 0.3 is 0 Å². The fraction of sp³-hybridized carbons (Fsp3) is 0. The van der Waals surface area contributed by atoms with Crippen LogP contribution in [0.25, 0.3) is 105 Å². The minimum absolute atomic E-state index is 0.603. The van der Waals surface area contributed by atoms with Gasteiger partial charge < -0.3 is 8.98 Å². The molecule has 0 unspecified atom stereocenters. The molecule has 0 N–H and O–H groups in total. The molecule has 242 valence electrons. The van der Waals surface area contributed by atoms with Crippen LogP contribution < -0.4 is 0 Å². The lowest BCUT2D eigenvalue weighted by molar-refractivity contribution is 0.669. The third kappa shape index (κ3) is 4.39. The van der Waals surface area contributed by atoms with Crippen molar-refractivity contribution >= 4 is 65.3 Å². The van der Waals surface area contributed by atoms with Crippen LogP contribution in [-0.2, 0) is 0 Å². The second-order valence-corrected chi connectivity index (χ2v) is 13.2. The van der Waals surface area contributed by atoms with Crippen molar-refractivity contribution in [2.75, 3.05) is 0 Å². The molecule has 0 amide bonds. The summed E-state index contributed by atoms with van der Waals surface area (Å²) in [6, 6.07) is 59.3. The van der Waals surface area contributed by atoms with Crippen molar-refractivity contribution in [3.63, 3.8) is 0 Å². The molecule has 52 heavy (non-hydrogen) atoms. The zero-order valence-corrected chi connectivity index (χ0v) is 27.9. The third-order valence-electron chi connectivity index (χ3n) is 10.2. The molecule has 0 radical (unpaired) electrons. The van der Waals surface area contributed by atoms with Crippen LogP contribution in [0.3, 0.4) is 0 Å². The molecular weight excluding hydrogens is 637 g/mol. The summed E-state index contributed by atoms with van der Waals surface area (Å²) in [6.07, 6.45) is 0. The monoisotopic (exact) mass is 664 g/mol. The van der Waals surface area contributed by atoms with Crippen LogP contribution in [0.2, 0.25) is 0 Å². The van der Waals surface area contributed by atoms with E-state index in [-0.39, 0.29) is 0 Å².